The van der Waals surface area contributed by atoms with E-state index in [4.69, 9.17) is 26.1 Å². The molecule has 4 heterocycles. The fourth-order valence-corrected chi connectivity index (χ4v) is 4.52. The van der Waals surface area contributed by atoms with Crippen LogP contribution in [-0.4, -0.2) is 47.7 Å². The van der Waals surface area contributed by atoms with Crippen LogP contribution in [0.25, 0.3) is 16.9 Å². The van der Waals surface area contributed by atoms with Crippen molar-refractivity contribution in [1.29, 1.82) is 0 Å². The SMILES string of the molecule is COc1cc(OC)c(-c2cn3ccc(N4CC[C@H](NCc5cccnc5)C4)cc3n2)cc1Cl. The number of nitrogens with one attached hydrogen (secondary N) is 1. The normalized spacial score (nSPS) is 15.8. The van der Waals surface area contributed by atoms with E-state index in [1.165, 1.54) is 11.3 Å². The number of hydrogen-bond donors (Lipinski definition) is 1. The van der Waals surface area contributed by atoms with Crippen LogP contribution in [0.5, 0.6) is 11.5 Å². The van der Waals surface area contributed by atoms with Crippen LogP contribution in [0, 0.1) is 0 Å². The van der Waals surface area contributed by atoms with Crippen molar-refractivity contribution in [2.75, 3.05) is 32.2 Å². The van der Waals surface area contributed by atoms with Crippen molar-refractivity contribution < 1.29 is 9.47 Å². The van der Waals surface area contributed by atoms with Gasteiger partial charge in [-0.05, 0) is 30.2 Å². The quantitative estimate of drug-likeness (QED) is 0.437. The number of ether oxygens (including phenoxy) is 2. The molecule has 0 amide bonds. The van der Waals surface area contributed by atoms with Crippen LogP contribution < -0.4 is 19.7 Å². The van der Waals surface area contributed by atoms with Gasteiger partial charge in [0.15, 0.2) is 0 Å². The van der Waals surface area contributed by atoms with Gasteiger partial charge < -0.3 is 24.1 Å². The third-order valence-corrected chi connectivity index (χ3v) is 6.36. The Labute approximate surface area is 197 Å². The van der Waals surface area contributed by atoms with E-state index in [1.54, 1.807) is 26.5 Å². The molecule has 1 aromatic carbocycles. The first-order valence-electron chi connectivity index (χ1n) is 10.9. The molecular weight excluding hydrogens is 438 g/mol. The summed E-state index contributed by atoms with van der Waals surface area (Å²) in [7, 11) is 3.22. The third-order valence-electron chi connectivity index (χ3n) is 6.06. The van der Waals surface area contributed by atoms with E-state index in [0.717, 1.165) is 43.0 Å². The predicted molar refractivity (Wildman–Crippen MR) is 130 cm³/mol. The summed E-state index contributed by atoms with van der Waals surface area (Å²) in [6, 6.07) is 12.4. The Morgan fingerprint density at radius 3 is 2.82 bits per heavy atom. The lowest BCUT2D eigenvalue weighted by molar-refractivity contribution is 0.395. The Morgan fingerprint density at radius 2 is 2.03 bits per heavy atom. The second-order valence-corrected chi connectivity index (χ2v) is 8.54. The van der Waals surface area contributed by atoms with Gasteiger partial charge in [0.1, 0.15) is 17.1 Å². The number of nitrogens with zero attached hydrogens (tertiary/aromatic N) is 4. The number of fused-ring (bicyclic) bond motifs is 1. The van der Waals surface area contributed by atoms with Crippen molar-refractivity contribution >= 4 is 22.9 Å². The molecule has 1 atom stereocenters. The first-order chi connectivity index (χ1) is 16.1. The van der Waals surface area contributed by atoms with Gasteiger partial charge >= 0.3 is 0 Å². The molecular formula is C25H26ClN5O2. The first kappa shape index (κ1) is 21.6. The zero-order chi connectivity index (χ0) is 22.8. The topological polar surface area (TPSA) is 63.9 Å². The maximum absolute atomic E-state index is 6.37. The molecule has 1 fully saturated rings. The summed E-state index contributed by atoms with van der Waals surface area (Å²) in [5.74, 6) is 1.24. The summed E-state index contributed by atoms with van der Waals surface area (Å²) >= 11 is 6.37. The molecule has 1 aliphatic heterocycles. The fourth-order valence-electron chi connectivity index (χ4n) is 4.28. The molecule has 33 heavy (non-hydrogen) atoms. The fraction of sp³-hybridized carbons (Fsp3) is 0.280. The lowest BCUT2D eigenvalue weighted by Gasteiger charge is -2.19. The molecule has 0 bridgehead atoms. The largest absolute Gasteiger partial charge is 0.496 e. The molecule has 170 valence electrons. The second kappa shape index (κ2) is 9.29. The van der Waals surface area contributed by atoms with Crippen LogP contribution in [0.15, 0.2) is 61.2 Å². The van der Waals surface area contributed by atoms with Crippen molar-refractivity contribution in [2.45, 2.75) is 19.0 Å². The minimum Gasteiger partial charge on any atom is -0.496 e. The van der Waals surface area contributed by atoms with Crippen molar-refractivity contribution in [2.24, 2.45) is 0 Å². The van der Waals surface area contributed by atoms with Crippen molar-refractivity contribution in [3.8, 4) is 22.8 Å². The Hall–Kier alpha value is -3.29. The zero-order valence-electron chi connectivity index (χ0n) is 18.7. The van der Waals surface area contributed by atoms with Crippen molar-refractivity contribution in [3.05, 3.63) is 71.8 Å². The number of aromatic nitrogens is 3. The lowest BCUT2D eigenvalue weighted by Crippen LogP contribution is -2.32. The van der Waals surface area contributed by atoms with Gasteiger partial charge in [-0.2, -0.15) is 0 Å². The molecule has 3 aromatic heterocycles. The van der Waals surface area contributed by atoms with Crippen molar-refractivity contribution in [1.82, 2.24) is 19.7 Å². The van der Waals surface area contributed by atoms with E-state index >= 15 is 0 Å². The van der Waals surface area contributed by atoms with Gasteiger partial charge in [0, 0.05) is 73.8 Å². The Bertz CT molecular complexity index is 1260. The van der Waals surface area contributed by atoms with Gasteiger partial charge in [0.05, 0.1) is 24.9 Å². The van der Waals surface area contributed by atoms with Gasteiger partial charge in [0.25, 0.3) is 0 Å². The molecule has 4 aromatic rings. The molecule has 0 aliphatic carbocycles. The average Bonchev–Trinajstić information content (AvgIpc) is 3.50. The molecule has 5 rings (SSSR count). The summed E-state index contributed by atoms with van der Waals surface area (Å²) in [6.07, 6.45) is 8.86. The highest BCUT2D eigenvalue weighted by Crippen LogP contribution is 2.38. The smallest absolute Gasteiger partial charge is 0.141 e. The third kappa shape index (κ3) is 4.47. The number of anilines is 1. The van der Waals surface area contributed by atoms with Crippen LogP contribution in [0.4, 0.5) is 5.69 Å². The van der Waals surface area contributed by atoms with E-state index in [2.05, 4.69) is 39.6 Å². The molecule has 7 nitrogen and oxygen atoms in total. The predicted octanol–water partition coefficient (Wildman–Crippen LogP) is 4.44. The van der Waals surface area contributed by atoms with E-state index in [1.807, 2.05) is 28.9 Å². The second-order valence-electron chi connectivity index (χ2n) is 8.14. The molecule has 1 N–H and O–H groups in total. The van der Waals surface area contributed by atoms with Gasteiger partial charge in [-0.15, -0.1) is 0 Å². The van der Waals surface area contributed by atoms with Gasteiger partial charge in [-0.25, -0.2) is 4.98 Å². The van der Waals surface area contributed by atoms with Gasteiger partial charge in [-0.3, -0.25) is 4.98 Å². The first-order valence-corrected chi connectivity index (χ1v) is 11.3. The number of pyridine rings is 2. The molecule has 8 heteroatoms. The summed E-state index contributed by atoms with van der Waals surface area (Å²) in [5, 5.41) is 4.17. The molecule has 0 spiro atoms. The Balaban J connectivity index is 1.33. The number of methoxy groups -OCH3 is 2. The maximum atomic E-state index is 6.37. The highest BCUT2D eigenvalue weighted by atomic mass is 35.5. The summed E-state index contributed by atoms with van der Waals surface area (Å²) in [4.78, 5) is 11.4. The van der Waals surface area contributed by atoms with Gasteiger partial charge in [-0.1, -0.05) is 17.7 Å². The maximum Gasteiger partial charge on any atom is 0.141 e. The number of benzene rings is 1. The highest BCUT2D eigenvalue weighted by molar-refractivity contribution is 6.32. The number of halogens is 1. The number of rotatable bonds is 7. The zero-order valence-corrected chi connectivity index (χ0v) is 19.4. The summed E-state index contributed by atoms with van der Waals surface area (Å²) in [5.41, 5.74) is 4.88. The monoisotopic (exact) mass is 463 g/mol. The van der Waals surface area contributed by atoms with Crippen molar-refractivity contribution in [3.63, 3.8) is 0 Å². The number of hydrogen-bond acceptors (Lipinski definition) is 6. The molecule has 1 aliphatic rings. The average molecular weight is 464 g/mol. The standard InChI is InChI=1S/C25H26ClN5O2/c1-32-23-12-24(33-2)21(26)11-20(23)22-16-31-9-6-19(10-25(31)29-22)30-8-5-18(15-30)28-14-17-4-3-7-27-13-17/h3-4,6-7,9-13,16,18,28H,5,8,14-15H2,1-2H3/t18-/m0/s1. The molecule has 1 saturated heterocycles. The van der Waals surface area contributed by atoms with Gasteiger partial charge in [0.2, 0.25) is 0 Å². The van der Waals surface area contributed by atoms with Crippen LogP contribution in [-0.2, 0) is 6.54 Å². The Morgan fingerprint density at radius 1 is 1.15 bits per heavy atom. The van der Waals surface area contributed by atoms with Crippen LogP contribution >= 0.6 is 11.6 Å². The summed E-state index contributed by atoms with van der Waals surface area (Å²) in [6.45, 7) is 2.81. The lowest BCUT2D eigenvalue weighted by atomic mass is 10.1. The highest BCUT2D eigenvalue weighted by Gasteiger charge is 2.23. The van der Waals surface area contributed by atoms with Crippen LogP contribution in [0.2, 0.25) is 5.02 Å². The summed E-state index contributed by atoms with van der Waals surface area (Å²) < 4.78 is 12.9. The van der Waals surface area contributed by atoms with E-state index in [9.17, 15) is 0 Å². The van der Waals surface area contributed by atoms with E-state index in [-0.39, 0.29) is 0 Å². The number of imidazole rings is 1. The molecule has 0 unspecified atom stereocenters. The minimum absolute atomic E-state index is 0.447. The van der Waals surface area contributed by atoms with E-state index < -0.39 is 0 Å². The Kier molecular flexibility index (Phi) is 6.07. The minimum atomic E-state index is 0.447. The molecule has 0 saturated carbocycles. The molecule has 0 radical (unpaired) electrons. The van der Waals surface area contributed by atoms with Crippen LogP contribution in [0.1, 0.15) is 12.0 Å². The van der Waals surface area contributed by atoms with Crippen LogP contribution in [0.3, 0.4) is 0 Å². The van der Waals surface area contributed by atoms with E-state index in [0.29, 0.717) is 22.6 Å².